The minimum Gasteiger partial charge on any atom is -0.312 e. The normalized spacial score (nSPS) is 11.8. The average molecular weight is 223 g/mol. The van der Waals surface area contributed by atoms with E-state index in [0.717, 1.165) is 0 Å². The summed E-state index contributed by atoms with van der Waals surface area (Å²) in [5.41, 5.74) is 0.520. The van der Waals surface area contributed by atoms with Gasteiger partial charge < -0.3 is 5.32 Å². The molecule has 0 aromatic heterocycles. The molecule has 1 aromatic rings. The van der Waals surface area contributed by atoms with Crippen LogP contribution in [-0.2, 0) is 0 Å². The SMILES string of the molecule is CC#CCC(NC)c1c(F)ccc(C)c1F. The molecule has 0 aliphatic carbocycles. The third-order valence-electron chi connectivity index (χ3n) is 2.50. The highest BCUT2D eigenvalue weighted by molar-refractivity contribution is 5.30. The van der Waals surface area contributed by atoms with E-state index in [-0.39, 0.29) is 5.56 Å². The third-order valence-corrected chi connectivity index (χ3v) is 2.50. The van der Waals surface area contributed by atoms with Crippen molar-refractivity contribution in [2.75, 3.05) is 7.05 Å². The van der Waals surface area contributed by atoms with E-state index in [0.29, 0.717) is 12.0 Å². The summed E-state index contributed by atoms with van der Waals surface area (Å²) in [5.74, 6) is 4.53. The fourth-order valence-electron chi connectivity index (χ4n) is 1.55. The summed E-state index contributed by atoms with van der Waals surface area (Å²) in [4.78, 5) is 0. The molecule has 0 amide bonds. The number of benzene rings is 1. The Hall–Kier alpha value is -1.40. The number of halogens is 2. The lowest BCUT2D eigenvalue weighted by Gasteiger charge is -2.16. The van der Waals surface area contributed by atoms with Crippen molar-refractivity contribution in [3.8, 4) is 11.8 Å². The summed E-state index contributed by atoms with van der Waals surface area (Å²) >= 11 is 0. The van der Waals surface area contributed by atoms with Crippen LogP contribution in [0.25, 0.3) is 0 Å². The van der Waals surface area contributed by atoms with Gasteiger partial charge in [0.2, 0.25) is 0 Å². The summed E-state index contributed by atoms with van der Waals surface area (Å²) in [6.45, 7) is 3.33. The average Bonchev–Trinajstić information content (AvgIpc) is 2.28. The molecular formula is C13H15F2N. The topological polar surface area (TPSA) is 12.0 Å². The first kappa shape index (κ1) is 12.7. The van der Waals surface area contributed by atoms with Crippen molar-refractivity contribution in [2.24, 2.45) is 0 Å². The zero-order valence-electron chi connectivity index (χ0n) is 9.70. The van der Waals surface area contributed by atoms with E-state index in [9.17, 15) is 8.78 Å². The van der Waals surface area contributed by atoms with E-state index in [4.69, 9.17) is 0 Å². The molecule has 86 valence electrons. The Kier molecular flexibility index (Phi) is 4.45. The van der Waals surface area contributed by atoms with Crippen molar-refractivity contribution in [1.29, 1.82) is 0 Å². The van der Waals surface area contributed by atoms with Crippen molar-refractivity contribution in [3.05, 3.63) is 34.9 Å². The maximum Gasteiger partial charge on any atom is 0.133 e. The molecule has 1 rings (SSSR count). The Bertz CT molecular complexity index is 430. The molecule has 16 heavy (non-hydrogen) atoms. The largest absolute Gasteiger partial charge is 0.312 e. The van der Waals surface area contributed by atoms with Crippen LogP contribution in [0.4, 0.5) is 8.78 Å². The van der Waals surface area contributed by atoms with E-state index in [1.165, 1.54) is 12.1 Å². The van der Waals surface area contributed by atoms with Gasteiger partial charge in [0.1, 0.15) is 11.6 Å². The smallest absolute Gasteiger partial charge is 0.133 e. The van der Waals surface area contributed by atoms with E-state index >= 15 is 0 Å². The Morgan fingerprint density at radius 3 is 2.62 bits per heavy atom. The van der Waals surface area contributed by atoms with E-state index < -0.39 is 17.7 Å². The van der Waals surface area contributed by atoms with E-state index in [2.05, 4.69) is 17.2 Å². The molecule has 3 heteroatoms. The van der Waals surface area contributed by atoms with Crippen LogP contribution in [0.15, 0.2) is 12.1 Å². The number of nitrogens with one attached hydrogen (secondary N) is 1. The van der Waals surface area contributed by atoms with Crippen molar-refractivity contribution in [2.45, 2.75) is 26.3 Å². The van der Waals surface area contributed by atoms with Gasteiger partial charge in [-0.05, 0) is 32.5 Å². The molecule has 1 atom stereocenters. The highest BCUT2D eigenvalue weighted by atomic mass is 19.1. The van der Waals surface area contributed by atoms with Crippen LogP contribution in [0.2, 0.25) is 0 Å². The second-order valence-corrected chi connectivity index (χ2v) is 3.56. The van der Waals surface area contributed by atoms with Crippen LogP contribution in [0.3, 0.4) is 0 Å². The Labute approximate surface area is 94.9 Å². The van der Waals surface area contributed by atoms with Crippen LogP contribution in [0, 0.1) is 30.4 Å². The molecule has 0 heterocycles. The molecule has 0 bridgehead atoms. The second kappa shape index (κ2) is 5.62. The van der Waals surface area contributed by atoms with E-state index in [1.54, 1.807) is 20.9 Å². The summed E-state index contributed by atoms with van der Waals surface area (Å²) in [6, 6.07) is 2.32. The molecule has 1 aromatic carbocycles. The van der Waals surface area contributed by atoms with Gasteiger partial charge in [0, 0.05) is 18.0 Å². The monoisotopic (exact) mass is 223 g/mol. The van der Waals surface area contributed by atoms with Gasteiger partial charge in [-0.2, -0.15) is 0 Å². The zero-order chi connectivity index (χ0) is 12.1. The maximum absolute atomic E-state index is 13.8. The molecule has 1 N–H and O–H groups in total. The van der Waals surface area contributed by atoms with Crippen LogP contribution >= 0.6 is 0 Å². The molecule has 0 saturated carbocycles. The van der Waals surface area contributed by atoms with Crippen LogP contribution < -0.4 is 5.32 Å². The summed E-state index contributed by atoms with van der Waals surface area (Å²) < 4.78 is 27.4. The Balaban J connectivity index is 3.16. The molecule has 1 nitrogen and oxygen atoms in total. The first-order valence-electron chi connectivity index (χ1n) is 5.13. The van der Waals surface area contributed by atoms with Crippen molar-refractivity contribution in [3.63, 3.8) is 0 Å². The van der Waals surface area contributed by atoms with Crippen molar-refractivity contribution < 1.29 is 8.78 Å². The molecule has 1 unspecified atom stereocenters. The second-order valence-electron chi connectivity index (χ2n) is 3.56. The lowest BCUT2D eigenvalue weighted by atomic mass is 10.0. The zero-order valence-corrected chi connectivity index (χ0v) is 9.70. The quantitative estimate of drug-likeness (QED) is 0.777. The Morgan fingerprint density at radius 1 is 1.38 bits per heavy atom. The van der Waals surface area contributed by atoms with Gasteiger partial charge in [-0.3, -0.25) is 0 Å². The van der Waals surface area contributed by atoms with Gasteiger partial charge in [0.15, 0.2) is 0 Å². The predicted molar refractivity (Wildman–Crippen MR) is 61.0 cm³/mol. The van der Waals surface area contributed by atoms with Gasteiger partial charge in [0.25, 0.3) is 0 Å². The van der Waals surface area contributed by atoms with Gasteiger partial charge in [0.05, 0.1) is 0 Å². The van der Waals surface area contributed by atoms with Gasteiger partial charge in [-0.15, -0.1) is 11.8 Å². The van der Waals surface area contributed by atoms with E-state index in [1.807, 2.05) is 0 Å². The van der Waals surface area contributed by atoms with Crippen molar-refractivity contribution >= 4 is 0 Å². The first-order valence-corrected chi connectivity index (χ1v) is 5.13. The molecule has 0 spiro atoms. The lowest BCUT2D eigenvalue weighted by molar-refractivity contribution is 0.493. The van der Waals surface area contributed by atoms with Crippen molar-refractivity contribution in [1.82, 2.24) is 5.32 Å². The van der Waals surface area contributed by atoms with Crippen LogP contribution in [-0.4, -0.2) is 7.05 Å². The van der Waals surface area contributed by atoms with Gasteiger partial charge in [-0.25, -0.2) is 8.78 Å². The first-order chi connectivity index (χ1) is 7.61. The molecule has 0 aliphatic rings. The highest BCUT2D eigenvalue weighted by Gasteiger charge is 2.19. The summed E-state index contributed by atoms with van der Waals surface area (Å²) in [7, 11) is 1.67. The number of aryl methyl sites for hydroxylation is 1. The fraction of sp³-hybridized carbons (Fsp3) is 0.385. The number of hydrogen-bond acceptors (Lipinski definition) is 1. The molecular weight excluding hydrogens is 208 g/mol. The number of rotatable bonds is 3. The Morgan fingerprint density at radius 2 is 2.06 bits per heavy atom. The minimum absolute atomic E-state index is 0.0743. The highest BCUT2D eigenvalue weighted by Crippen LogP contribution is 2.24. The molecule has 0 radical (unpaired) electrons. The number of hydrogen-bond donors (Lipinski definition) is 1. The predicted octanol–water partition coefficient (Wildman–Crippen LogP) is 2.95. The standard InChI is InChI=1S/C13H15F2N/c1-4-5-6-11(16-3)12-10(14)8-7-9(2)13(12)15/h7-8,11,16H,6H2,1-3H3. The molecule has 0 fully saturated rings. The van der Waals surface area contributed by atoms with Gasteiger partial charge in [-0.1, -0.05) is 6.07 Å². The molecule has 0 saturated heterocycles. The molecule has 0 aliphatic heterocycles. The van der Waals surface area contributed by atoms with Gasteiger partial charge >= 0.3 is 0 Å². The summed E-state index contributed by atoms with van der Waals surface area (Å²) in [5, 5.41) is 2.88. The third kappa shape index (κ3) is 2.59. The maximum atomic E-state index is 13.8. The van der Waals surface area contributed by atoms with Crippen LogP contribution in [0.1, 0.15) is 30.5 Å². The summed E-state index contributed by atoms with van der Waals surface area (Å²) in [6.07, 6.45) is 0.393. The lowest BCUT2D eigenvalue weighted by Crippen LogP contribution is -2.19. The fourth-order valence-corrected chi connectivity index (χ4v) is 1.55. The minimum atomic E-state index is -0.527. The van der Waals surface area contributed by atoms with Crippen LogP contribution in [0.5, 0.6) is 0 Å².